The summed E-state index contributed by atoms with van der Waals surface area (Å²) < 4.78 is 3.57. The molecule has 5 heterocycles. The van der Waals surface area contributed by atoms with Crippen LogP contribution in [0.15, 0.2) is 29.2 Å². The average molecular weight is 394 g/mol. The van der Waals surface area contributed by atoms with Crippen molar-refractivity contribution in [2.45, 2.75) is 38.1 Å². The SMILES string of the molecule is Cn1c(CN2CCC(c3nnc4ccc(N5CCCC5)nn34)CC2)ccnc1=O. The van der Waals surface area contributed by atoms with Gasteiger partial charge in [-0.1, -0.05) is 0 Å². The van der Waals surface area contributed by atoms with Crippen LogP contribution in [-0.4, -0.2) is 60.4 Å². The van der Waals surface area contributed by atoms with Gasteiger partial charge in [0.2, 0.25) is 0 Å². The molecule has 0 atom stereocenters. The van der Waals surface area contributed by atoms with Gasteiger partial charge in [0.05, 0.1) is 0 Å². The van der Waals surface area contributed by atoms with Gasteiger partial charge in [0.25, 0.3) is 0 Å². The summed E-state index contributed by atoms with van der Waals surface area (Å²) in [5.41, 5.74) is 1.61. The number of fused-ring (bicyclic) bond motifs is 1. The van der Waals surface area contributed by atoms with E-state index in [9.17, 15) is 4.79 Å². The van der Waals surface area contributed by atoms with Crippen LogP contribution in [-0.2, 0) is 13.6 Å². The first-order chi connectivity index (χ1) is 14.2. The second kappa shape index (κ2) is 7.55. The van der Waals surface area contributed by atoms with Crippen LogP contribution in [0.5, 0.6) is 0 Å². The van der Waals surface area contributed by atoms with E-state index in [2.05, 4.69) is 31.0 Å². The molecule has 0 saturated carbocycles. The Bertz CT molecular complexity index is 1060. The summed E-state index contributed by atoms with van der Waals surface area (Å²) >= 11 is 0. The molecule has 0 spiro atoms. The lowest BCUT2D eigenvalue weighted by molar-refractivity contribution is 0.196. The maximum atomic E-state index is 11.7. The Hall–Kier alpha value is -2.81. The van der Waals surface area contributed by atoms with Crippen LogP contribution in [0.25, 0.3) is 5.65 Å². The molecule has 0 aliphatic carbocycles. The van der Waals surface area contributed by atoms with Crippen LogP contribution in [0.1, 0.15) is 43.1 Å². The van der Waals surface area contributed by atoms with Gasteiger partial charge < -0.3 is 4.90 Å². The van der Waals surface area contributed by atoms with Crippen molar-refractivity contribution < 1.29 is 0 Å². The average Bonchev–Trinajstić information content (AvgIpc) is 3.42. The number of hydrogen-bond acceptors (Lipinski definition) is 7. The summed E-state index contributed by atoms with van der Waals surface area (Å²) in [7, 11) is 1.78. The van der Waals surface area contributed by atoms with E-state index in [0.29, 0.717) is 5.92 Å². The Kier molecular flexibility index (Phi) is 4.75. The molecular weight excluding hydrogens is 368 g/mol. The number of likely N-dealkylation sites (tertiary alicyclic amines) is 1. The molecule has 29 heavy (non-hydrogen) atoms. The fourth-order valence-corrected chi connectivity index (χ4v) is 4.41. The Labute approximate surface area is 169 Å². The van der Waals surface area contributed by atoms with E-state index in [1.54, 1.807) is 17.8 Å². The zero-order chi connectivity index (χ0) is 19.8. The van der Waals surface area contributed by atoms with Gasteiger partial charge in [-0.15, -0.1) is 15.3 Å². The van der Waals surface area contributed by atoms with E-state index in [1.807, 2.05) is 16.6 Å². The summed E-state index contributed by atoms with van der Waals surface area (Å²) in [6, 6.07) is 6.00. The third-order valence-corrected chi connectivity index (χ3v) is 6.21. The van der Waals surface area contributed by atoms with Gasteiger partial charge in [-0.25, -0.2) is 9.78 Å². The molecule has 0 bridgehead atoms. The van der Waals surface area contributed by atoms with Gasteiger partial charge in [-0.3, -0.25) is 9.47 Å². The largest absolute Gasteiger partial charge is 0.355 e. The lowest BCUT2D eigenvalue weighted by Crippen LogP contribution is -2.35. The Balaban J connectivity index is 1.30. The van der Waals surface area contributed by atoms with E-state index in [-0.39, 0.29) is 5.69 Å². The maximum Gasteiger partial charge on any atom is 0.347 e. The van der Waals surface area contributed by atoms with Crippen molar-refractivity contribution in [1.29, 1.82) is 0 Å². The summed E-state index contributed by atoms with van der Waals surface area (Å²) in [5, 5.41) is 13.7. The van der Waals surface area contributed by atoms with E-state index in [4.69, 9.17) is 5.10 Å². The van der Waals surface area contributed by atoms with Gasteiger partial charge in [0.15, 0.2) is 11.5 Å². The first-order valence-corrected chi connectivity index (χ1v) is 10.4. The smallest absolute Gasteiger partial charge is 0.347 e. The topological polar surface area (TPSA) is 84.5 Å². The van der Waals surface area contributed by atoms with E-state index >= 15 is 0 Å². The first kappa shape index (κ1) is 18.2. The standard InChI is InChI=1S/C20H26N8O/c1-25-16(6-9-21-20(25)29)14-26-12-7-15(8-13-26)19-23-22-17-4-5-18(24-28(17)19)27-10-2-3-11-27/h4-6,9,15H,2-3,7-8,10-14H2,1H3. The molecule has 5 rings (SSSR count). The number of piperidine rings is 1. The van der Waals surface area contributed by atoms with Crippen molar-refractivity contribution in [3.8, 4) is 0 Å². The van der Waals surface area contributed by atoms with Crippen molar-refractivity contribution in [3.05, 3.63) is 46.4 Å². The summed E-state index contributed by atoms with van der Waals surface area (Å²) in [6.07, 6.45) is 6.08. The third-order valence-electron chi connectivity index (χ3n) is 6.21. The predicted molar refractivity (Wildman–Crippen MR) is 109 cm³/mol. The molecule has 2 aliphatic heterocycles. The van der Waals surface area contributed by atoms with Crippen LogP contribution in [0.3, 0.4) is 0 Å². The van der Waals surface area contributed by atoms with Crippen molar-refractivity contribution in [2.24, 2.45) is 7.05 Å². The zero-order valence-electron chi connectivity index (χ0n) is 16.7. The molecule has 0 N–H and O–H groups in total. The molecule has 0 amide bonds. The van der Waals surface area contributed by atoms with Crippen molar-refractivity contribution in [1.82, 2.24) is 34.3 Å². The quantitative estimate of drug-likeness (QED) is 0.657. The van der Waals surface area contributed by atoms with Gasteiger partial charge >= 0.3 is 5.69 Å². The fraction of sp³-hybridized carbons (Fsp3) is 0.550. The summed E-state index contributed by atoms with van der Waals surface area (Å²) in [6.45, 7) is 4.83. The molecule has 2 fully saturated rings. The molecule has 0 unspecified atom stereocenters. The van der Waals surface area contributed by atoms with Gasteiger partial charge in [-0.05, 0) is 57.0 Å². The highest BCUT2D eigenvalue weighted by Crippen LogP contribution is 2.28. The van der Waals surface area contributed by atoms with Crippen LogP contribution >= 0.6 is 0 Å². The fourth-order valence-electron chi connectivity index (χ4n) is 4.41. The molecule has 3 aromatic rings. The van der Waals surface area contributed by atoms with Crippen LogP contribution in [0, 0.1) is 0 Å². The van der Waals surface area contributed by atoms with Gasteiger partial charge in [0, 0.05) is 44.5 Å². The number of aromatic nitrogens is 6. The number of rotatable bonds is 4. The predicted octanol–water partition coefficient (Wildman–Crippen LogP) is 1.20. The number of anilines is 1. The van der Waals surface area contributed by atoms with Gasteiger partial charge in [0.1, 0.15) is 5.82 Å². The minimum Gasteiger partial charge on any atom is -0.355 e. The molecule has 0 aromatic carbocycles. The maximum absolute atomic E-state index is 11.7. The first-order valence-electron chi connectivity index (χ1n) is 10.4. The minimum atomic E-state index is -0.202. The van der Waals surface area contributed by atoms with Gasteiger partial charge in [-0.2, -0.15) is 4.52 Å². The highest BCUT2D eigenvalue weighted by molar-refractivity contribution is 5.46. The molecule has 9 heteroatoms. The van der Waals surface area contributed by atoms with Crippen molar-refractivity contribution >= 4 is 11.5 Å². The van der Waals surface area contributed by atoms with Crippen LogP contribution < -0.4 is 10.6 Å². The lowest BCUT2D eigenvalue weighted by atomic mass is 9.96. The normalized spacial score (nSPS) is 18.7. The highest BCUT2D eigenvalue weighted by Gasteiger charge is 2.26. The monoisotopic (exact) mass is 394 g/mol. The van der Waals surface area contributed by atoms with Crippen LogP contribution in [0.2, 0.25) is 0 Å². The van der Waals surface area contributed by atoms with E-state index in [0.717, 1.165) is 68.5 Å². The van der Waals surface area contributed by atoms with Crippen LogP contribution in [0.4, 0.5) is 5.82 Å². The van der Waals surface area contributed by atoms with Crippen molar-refractivity contribution in [3.63, 3.8) is 0 Å². The number of nitrogens with zero attached hydrogens (tertiary/aromatic N) is 8. The number of hydrogen-bond donors (Lipinski definition) is 0. The second-order valence-electron chi connectivity index (χ2n) is 8.04. The zero-order valence-corrected chi connectivity index (χ0v) is 16.7. The third kappa shape index (κ3) is 3.50. The molecule has 2 saturated heterocycles. The minimum absolute atomic E-state index is 0.202. The molecule has 0 radical (unpaired) electrons. The summed E-state index contributed by atoms with van der Waals surface area (Å²) in [5.74, 6) is 2.34. The molecule has 152 valence electrons. The highest BCUT2D eigenvalue weighted by atomic mass is 16.1. The molecule has 3 aromatic heterocycles. The second-order valence-corrected chi connectivity index (χ2v) is 8.04. The summed E-state index contributed by atoms with van der Waals surface area (Å²) in [4.78, 5) is 20.3. The lowest BCUT2D eigenvalue weighted by Gasteiger charge is -2.31. The van der Waals surface area contributed by atoms with E-state index in [1.165, 1.54) is 12.8 Å². The van der Waals surface area contributed by atoms with Crippen molar-refractivity contribution in [2.75, 3.05) is 31.1 Å². The van der Waals surface area contributed by atoms with E-state index < -0.39 is 0 Å². The Morgan fingerprint density at radius 3 is 2.62 bits per heavy atom. The molecule has 9 nitrogen and oxygen atoms in total. The molecular formula is C20H26N8O. The Morgan fingerprint density at radius 2 is 1.83 bits per heavy atom. The Morgan fingerprint density at radius 1 is 1.03 bits per heavy atom. The molecule has 2 aliphatic rings.